The van der Waals surface area contributed by atoms with E-state index in [4.69, 9.17) is 9.47 Å². The van der Waals surface area contributed by atoms with Gasteiger partial charge < -0.3 is 14.5 Å². The van der Waals surface area contributed by atoms with Gasteiger partial charge in [-0.3, -0.25) is 15.4 Å². The number of aromatic amines is 1. The molecule has 27 heavy (non-hydrogen) atoms. The van der Waals surface area contributed by atoms with E-state index in [-0.39, 0.29) is 17.5 Å². The Balaban J connectivity index is 1.49. The second kappa shape index (κ2) is 7.16. The summed E-state index contributed by atoms with van der Waals surface area (Å²) in [5.41, 5.74) is 1.32. The van der Waals surface area contributed by atoms with E-state index in [1.54, 1.807) is 18.2 Å². The molecule has 0 bridgehead atoms. The Morgan fingerprint density at radius 3 is 2.93 bits per heavy atom. The predicted octanol–water partition coefficient (Wildman–Crippen LogP) is 3.76. The van der Waals surface area contributed by atoms with Gasteiger partial charge >= 0.3 is 0 Å². The number of nitrogens with zero attached hydrogens (tertiary/aromatic N) is 3. The van der Waals surface area contributed by atoms with Crippen LogP contribution in [0.4, 0.5) is 11.6 Å². The molecule has 1 aromatic carbocycles. The molecular weight excluding hydrogens is 350 g/mol. The lowest BCUT2D eigenvalue weighted by molar-refractivity contribution is -0.384. The molecule has 0 saturated carbocycles. The number of hydrogen-bond donors (Lipinski definition) is 2. The smallest absolute Gasteiger partial charge is 0.280 e. The van der Waals surface area contributed by atoms with Crippen LogP contribution >= 0.6 is 0 Å². The summed E-state index contributed by atoms with van der Waals surface area (Å²) in [6.07, 6.45) is 10.8. The molecule has 9 heteroatoms. The Bertz CT molecular complexity index is 1000. The monoisotopic (exact) mass is 365 g/mol. The maximum absolute atomic E-state index is 11.2. The highest BCUT2D eigenvalue weighted by Crippen LogP contribution is 2.29. The number of benzene rings is 1. The van der Waals surface area contributed by atoms with Crippen LogP contribution in [-0.2, 0) is 9.47 Å². The van der Waals surface area contributed by atoms with Gasteiger partial charge in [-0.15, -0.1) is 10.2 Å². The minimum absolute atomic E-state index is 0.0563. The van der Waals surface area contributed by atoms with Gasteiger partial charge in [0.2, 0.25) is 11.8 Å². The minimum atomic E-state index is -0.463. The van der Waals surface area contributed by atoms with Gasteiger partial charge in [-0.25, -0.2) is 0 Å². The molecule has 2 N–H and O–H groups in total. The van der Waals surface area contributed by atoms with Crippen LogP contribution in [0.3, 0.4) is 0 Å². The number of allylic oxidation sites excluding steroid dienone is 4. The maximum atomic E-state index is 11.2. The van der Waals surface area contributed by atoms with Crippen molar-refractivity contribution in [1.29, 1.82) is 0 Å². The van der Waals surface area contributed by atoms with E-state index >= 15 is 0 Å². The van der Waals surface area contributed by atoms with Gasteiger partial charge in [0, 0.05) is 6.07 Å². The van der Waals surface area contributed by atoms with Crippen molar-refractivity contribution in [2.75, 3.05) is 5.32 Å². The Kier molecular flexibility index (Phi) is 4.40. The van der Waals surface area contributed by atoms with Crippen LogP contribution in [-0.4, -0.2) is 20.1 Å². The number of para-hydroxylation sites is 1. The Morgan fingerprint density at radius 1 is 1.22 bits per heavy atom. The Hall–Kier alpha value is -3.88. The number of anilines is 1. The van der Waals surface area contributed by atoms with Crippen LogP contribution in [0.5, 0.6) is 0 Å². The Morgan fingerprint density at radius 2 is 2.11 bits per heavy atom. The van der Waals surface area contributed by atoms with Crippen molar-refractivity contribution in [1.82, 2.24) is 15.2 Å². The van der Waals surface area contributed by atoms with Crippen molar-refractivity contribution in [3.63, 3.8) is 0 Å². The van der Waals surface area contributed by atoms with Crippen LogP contribution in [0, 0.1) is 10.1 Å². The number of hydrogen-bond acceptors (Lipinski definition) is 7. The highest BCUT2D eigenvalue weighted by Gasteiger charge is 2.19. The second-order valence-electron chi connectivity index (χ2n) is 5.78. The van der Waals surface area contributed by atoms with Gasteiger partial charge in [0.05, 0.1) is 10.5 Å². The van der Waals surface area contributed by atoms with E-state index in [1.165, 1.54) is 18.6 Å². The molecule has 0 atom stereocenters. The zero-order valence-corrected chi connectivity index (χ0v) is 14.1. The number of H-pyrrole nitrogens is 1. The standard InChI is InChI=1S/C18H15N5O4/c24-23(25)14-9-5-4-8-13(14)17-20-18(22-21-17)19-16-11-26-10-15(27-16)12-6-2-1-3-7-12/h1-2,4-6,8-11H,3,7H2,(H2,19,20,21,22). The first-order valence-corrected chi connectivity index (χ1v) is 8.24. The zero-order valence-electron chi connectivity index (χ0n) is 14.1. The number of nitrogens with one attached hydrogen (secondary N) is 2. The quantitative estimate of drug-likeness (QED) is 0.612. The van der Waals surface area contributed by atoms with E-state index in [0.29, 0.717) is 17.2 Å². The average Bonchev–Trinajstić information content (AvgIpc) is 3.17. The SMILES string of the molecule is O=[N+]([O-])c1ccccc1-c1nnc(NC2=COC=C(C3=CC=CCC3)O2)[nH]1. The number of aromatic nitrogens is 3. The van der Waals surface area contributed by atoms with Gasteiger partial charge in [-0.05, 0) is 24.5 Å². The highest BCUT2D eigenvalue weighted by molar-refractivity contribution is 5.68. The van der Waals surface area contributed by atoms with E-state index in [9.17, 15) is 10.1 Å². The third-order valence-corrected chi connectivity index (χ3v) is 3.98. The van der Waals surface area contributed by atoms with Crippen LogP contribution in [0.2, 0.25) is 0 Å². The summed E-state index contributed by atoms with van der Waals surface area (Å²) in [4.78, 5) is 13.6. The summed E-state index contributed by atoms with van der Waals surface area (Å²) in [6.45, 7) is 0. The molecule has 4 rings (SSSR count). The molecule has 2 aliphatic rings. The van der Waals surface area contributed by atoms with Gasteiger partial charge in [-0.2, -0.15) is 0 Å². The molecule has 1 aliphatic heterocycles. The molecule has 0 radical (unpaired) electrons. The molecule has 0 fully saturated rings. The molecule has 0 saturated heterocycles. The Labute approximate surface area is 153 Å². The van der Waals surface area contributed by atoms with E-state index in [2.05, 4.69) is 26.6 Å². The largest absolute Gasteiger partial charge is 0.463 e. The molecule has 2 heterocycles. The van der Waals surface area contributed by atoms with Crippen LogP contribution < -0.4 is 5.32 Å². The molecule has 0 spiro atoms. The van der Waals surface area contributed by atoms with Gasteiger partial charge in [-0.1, -0.05) is 30.4 Å². The van der Waals surface area contributed by atoms with E-state index < -0.39 is 4.92 Å². The third kappa shape index (κ3) is 3.56. The fraction of sp³-hybridized carbons (Fsp3) is 0.111. The first-order chi connectivity index (χ1) is 13.2. The second-order valence-corrected chi connectivity index (χ2v) is 5.78. The summed E-state index contributed by atoms with van der Waals surface area (Å²) in [7, 11) is 0. The van der Waals surface area contributed by atoms with Crippen LogP contribution in [0.15, 0.2) is 72.2 Å². The molecule has 1 aromatic heterocycles. The molecule has 136 valence electrons. The van der Waals surface area contributed by atoms with Crippen molar-refractivity contribution >= 4 is 11.6 Å². The zero-order chi connectivity index (χ0) is 18.6. The van der Waals surface area contributed by atoms with Crippen molar-refractivity contribution < 1.29 is 14.4 Å². The van der Waals surface area contributed by atoms with Crippen LogP contribution in [0.1, 0.15) is 12.8 Å². The molecule has 9 nitrogen and oxygen atoms in total. The van der Waals surface area contributed by atoms with Gasteiger partial charge in [0.1, 0.15) is 6.26 Å². The molecule has 2 aromatic rings. The summed E-state index contributed by atoms with van der Waals surface area (Å²) in [5.74, 6) is 1.49. The number of rotatable bonds is 5. The fourth-order valence-electron chi connectivity index (χ4n) is 2.72. The lowest BCUT2D eigenvalue weighted by Gasteiger charge is -2.19. The van der Waals surface area contributed by atoms with E-state index in [0.717, 1.165) is 18.4 Å². The average molecular weight is 365 g/mol. The van der Waals surface area contributed by atoms with E-state index in [1.807, 2.05) is 12.2 Å². The molecule has 1 aliphatic carbocycles. The first-order valence-electron chi connectivity index (χ1n) is 8.24. The summed E-state index contributed by atoms with van der Waals surface area (Å²) < 4.78 is 11.1. The summed E-state index contributed by atoms with van der Waals surface area (Å²) >= 11 is 0. The normalized spacial score (nSPS) is 15.8. The lowest BCUT2D eigenvalue weighted by Crippen LogP contribution is -2.10. The van der Waals surface area contributed by atoms with Crippen molar-refractivity contribution in [2.45, 2.75) is 12.8 Å². The van der Waals surface area contributed by atoms with Crippen LogP contribution in [0.25, 0.3) is 11.4 Å². The fourth-order valence-corrected chi connectivity index (χ4v) is 2.72. The minimum Gasteiger partial charge on any atom is -0.463 e. The number of ether oxygens (including phenoxy) is 2. The van der Waals surface area contributed by atoms with Gasteiger partial charge in [0.25, 0.3) is 5.69 Å². The number of nitro benzene ring substituents is 1. The topological polar surface area (TPSA) is 115 Å². The summed E-state index contributed by atoms with van der Waals surface area (Å²) in [5, 5.41) is 22.0. The first kappa shape index (κ1) is 16.6. The van der Waals surface area contributed by atoms with Gasteiger partial charge in [0.15, 0.2) is 17.8 Å². The van der Waals surface area contributed by atoms with Crippen molar-refractivity contribution in [3.8, 4) is 11.4 Å². The maximum Gasteiger partial charge on any atom is 0.280 e. The molecule has 0 unspecified atom stereocenters. The third-order valence-electron chi connectivity index (χ3n) is 3.98. The van der Waals surface area contributed by atoms with Crippen molar-refractivity contribution in [3.05, 3.63) is 82.3 Å². The van der Waals surface area contributed by atoms with Crippen molar-refractivity contribution in [2.24, 2.45) is 0 Å². The number of nitro groups is 1. The summed E-state index contributed by atoms with van der Waals surface area (Å²) in [6, 6.07) is 6.31. The predicted molar refractivity (Wildman–Crippen MR) is 96.9 cm³/mol. The lowest BCUT2D eigenvalue weighted by atomic mass is 10.0. The molecule has 0 amide bonds. The highest BCUT2D eigenvalue weighted by atomic mass is 16.6. The molecular formula is C18H15N5O4.